The SMILES string of the molecule is S.[B]OB(O)O. The van der Waals surface area contributed by atoms with Crippen molar-refractivity contribution < 1.29 is 14.6 Å². The zero-order valence-electron chi connectivity index (χ0n) is 2.96. The van der Waals surface area contributed by atoms with Crippen LogP contribution in [0.15, 0.2) is 0 Å². The van der Waals surface area contributed by atoms with Crippen LogP contribution in [0.1, 0.15) is 0 Å². The van der Waals surface area contributed by atoms with Gasteiger partial charge in [-0.2, -0.15) is 13.5 Å². The van der Waals surface area contributed by atoms with E-state index < -0.39 is 7.32 Å². The Morgan fingerprint density at radius 1 is 1.50 bits per heavy atom. The molecule has 6 heteroatoms. The Hall–Kier alpha value is 0.360. The van der Waals surface area contributed by atoms with Crippen molar-refractivity contribution in [1.29, 1.82) is 0 Å². The van der Waals surface area contributed by atoms with Gasteiger partial charge in [0.15, 0.2) is 0 Å². The van der Waals surface area contributed by atoms with Crippen LogP contribution in [0.2, 0.25) is 0 Å². The molecular weight excluding hydrogens is 102 g/mol. The first kappa shape index (κ1) is 9.61. The van der Waals surface area contributed by atoms with Gasteiger partial charge in [0.1, 0.15) is 0 Å². The van der Waals surface area contributed by atoms with Crippen molar-refractivity contribution in [2.75, 3.05) is 0 Å². The van der Waals surface area contributed by atoms with E-state index in [2.05, 4.69) is 12.6 Å². The summed E-state index contributed by atoms with van der Waals surface area (Å²) in [5.74, 6) is 0. The van der Waals surface area contributed by atoms with Crippen molar-refractivity contribution in [3.63, 3.8) is 0 Å². The minimum absolute atomic E-state index is 0. The van der Waals surface area contributed by atoms with E-state index >= 15 is 0 Å². The van der Waals surface area contributed by atoms with Crippen LogP contribution in [-0.2, 0) is 4.57 Å². The van der Waals surface area contributed by atoms with Crippen LogP contribution < -0.4 is 0 Å². The van der Waals surface area contributed by atoms with Crippen LogP contribution >= 0.6 is 13.5 Å². The van der Waals surface area contributed by atoms with Crippen molar-refractivity contribution in [2.24, 2.45) is 0 Å². The normalized spacial score (nSPS) is 6.33. The summed E-state index contributed by atoms with van der Waals surface area (Å²) >= 11 is 0. The fourth-order valence-corrected chi connectivity index (χ4v) is 0. The van der Waals surface area contributed by atoms with E-state index in [0.29, 0.717) is 0 Å². The maximum absolute atomic E-state index is 7.57. The summed E-state index contributed by atoms with van der Waals surface area (Å²) in [6.45, 7) is 0. The van der Waals surface area contributed by atoms with Gasteiger partial charge < -0.3 is 14.6 Å². The first-order chi connectivity index (χ1) is 2.27. The van der Waals surface area contributed by atoms with Crippen molar-refractivity contribution >= 4 is 28.9 Å². The van der Waals surface area contributed by atoms with Gasteiger partial charge in [-0.3, -0.25) is 0 Å². The maximum Gasteiger partial charge on any atom is 0.617 e. The van der Waals surface area contributed by atoms with E-state index in [0.717, 1.165) is 0 Å². The highest BCUT2D eigenvalue weighted by Gasteiger charge is 1.99. The van der Waals surface area contributed by atoms with E-state index in [-0.39, 0.29) is 13.5 Å². The molecule has 2 N–H and O–H groups in total. The maximum atomic E-state index is 7.57. The molecule has 3 nitrogen and oxygen atoms in total. The van der Waals surface area contributed by atoms with Gasteiger partial charge in [-0.25, -0.2) is 0 Å². The summed E-state index contributed by atoms with van der Waals surface area (Å²) in [6, 6.07) is 0. The molecule has 34 valence electrons. The Labute approximate surface area is 44.4 Å². The van der Waals surface area contributed by atoms with Gasteiger partial charge in [0.05, 0.1) is 0 Å². The smallest absolute Gasteiger partial charge is 0.458 e. The molecule has 2 radical (unpaired) electrons. The minimum Gasteiger partial charge on any atom is -0.458 e. The lowest BCUT2D eigenvalue weighted by Crippen LogP contribution is -2.13. The Kier molecular flexibility index (Phi) is 8.59. The molecule has 0 aliphatic rings. The molecule has 0 amide bonds. The van der Waals surface area contributed by atoms with Crippen molar-refractivity contribution in [2.45, 2.75) is 0 Å². The monoisotopic (exact) mass is 106 g/mol. The molecule has 0 aromatic heterocycles. The molecule has 0 heterocycles. The molecule has 0 aromatic carbocycles. The molecule has 0 saturated heterocycles. The quantitative estimate of drug-likeness (QED) is 0.386. The fraction of sp³-hybridized carbons (Fsp3) is 0. The second-order valence-corrected chi connectivity index (χ2v) is 0.462. The zero-order chi connectivity index (χ0) is 4.28. The highest BCUT2D eigenvalue weighted by molar-refractivity contribution is 7.59. The van der Waals surface area contributed by atoms with Gasteiger partial charge in [-0.1, -0.05) is 0 Å². The lowest BCUT2D eigenvalue weighted by atomic mass is 10.2. The van der Waals surface area contributed by atoms with Crippen molar-refractivity contribution in [3.8, 4) is 0 Å². The molecule has 0 rings (SSSR count). The van der Waals surface area contributed by atoms with Gasteiger partial charge in [0.25, 0.3) is 8.05 Å². The van der Waals surface area contributed by atoms with Crippen LogP contribution in [-0.4, -0.2) is 25.4 Å². The Bertz CT molecular complexity index is 22.8. The Balaban J connectivity index is 0. The fourth-order valence-electron chi connectivity index (χ4n) is 0. The van der Waals surface area contributed by atoms with E-state index in [9.17, 15) is 0 Å². The highest BCUT2D eigenvalue weighted by atomic mass is 32.1. The first-order valence-electron chi connectivity index (χ1n) is 0.988. The Morgan fingerprint density at radius 2 is 1.67 bits per heavy atom. The lowest BCUT2D eigenvalue weighted by Gasteiger charge is -1.85. The molecule has 0 bridgehead atoms. The van der Waals surface area contributed by atoms with Gasteiger partial charge in [-0.05, 0) is 0 Å². The van der Waals surface area contributed by atoms with Gasteiger partial charge >= 0.3 is 7.32 Å². The van der Waals surface area contributed by atoms with Crippen molar-refractivity contribution in [3.05, 3.63) is 0 Å². The molecule has 0 unspecified atom stereocenters. The van der Waals surface area contributed by atoms with E-state index in [1.54, 1.807) is 0 Å². The van der Waals surface area contributed by atoms with Crippen molar-refractivity contribution in [1.82, 2.24) is 0 Å². The third-order valence-corrected chi connectivity index (χ3v) is 0.122. The van der Waals surface area contributed by atoms with Crippen LogP contribution in [0.3, 0.4) is 0 Å². The molecule has 0 saturated carbocycles. The van der Waals surface area contributed by atoms with Crippen LogP contribution in [0.4, 0.5) is 0 Å². The van der Waals surface area contributed by atoms with E-state index in [1.165, 1.54) is 0 Å². The van der Waals surface area contributed by atoms with E-state index in [1.807, 2.05) is 0 Å². The summed E-state index contributed by atoms with van der Waals surface area (Å²) < 4.78 is 3.36. The zero-order valence-corrected chi connectivity index (χ0v) is 3.96. The minimum atomic E-state index is -1.84. The number of hydrogen-bond donors (Lipinski definition) is 2. The molecule has 0 aliphatic carbocycles. The number of hydrogen-bond acceptors (Lipinski definition) is 3. The van der Waals surface area contributed by atoms with Crippen LogP contribution in [0, 0.1) is 0 Å². The molecule has 0 atom stereocenters. The third-order valence-electron chi connectivity index (χ3n) is 0.122. The van der Waals surface area contributed by atoms with Crippen LogP contribution in [0.5, 0.6) is 0 Å². The third kappa shape index (κ3) is 8.84. The summed E-state index contributed by atoms with van der Waals surface area (Å²) in [7, 11) is 2.33. The lowest BCUT2D eigenvalue weighted by molar-refractivity contribution is 0.299. The average Bonchev–Trinajstić information content (AvgIpc) is 1.38. The molecule has 0 fully saturated rings. The Morgan fingerprint density at radius 3 is 1.67 bits per heavy atom. The largest absolute Gasteiger partial charge is 0.617 e. The predicted octanol–water partition coefficient (Wildman–Crippen LogP) is -1.83. The van der Waals surface area contributed by atoms with Crippen LogP contribution in [0.25, 0.3) is 0 Å². The summed E-state index contributed by atoms with van der Waals surface area (Å²) in [4.78, 5) is 0. The van der Waals surface area contributed by atoms with Gasteiger partial charge in [0, 0.05) is 0 Å². The molecule has 0 aromatic rings. The molecule has 0 aliphatic heterocycles. The van der Waals surface area contributed by atoms with Gasteiger partial charge in [-0.15, -0.1) is 0 Å². The second-order valence-electron chi connectivity index (χ2n) is 0.462. The second kappa shape index (κ2) is 5.36. The predicted molar refractivity (Wildman–Crippen MR) is 27.4 cm³/mol. The average molecular weight is 106 g/mol. The molecule has 0 spiro atoms. The molecule has 6 heavy (non-hydrogen) atoms. The summed E-state index contributed by atoms with van der Waals surface area (Å²) in [6.07, 6.45) is 0. The standard InChI is InChI=1S/B2H2O3.H2S/c1-5-2(3)4;/h3-4H;1H2. The van der Waals surface area contributed by atoms with Gasteiger partial charge in [0.2, 0.25) is 0 Å². The first-order valence-corrected chi connectivity index (χ1v) is 0.988. The molecular formula is H4B2O3S. The highest BCUT2D eigenvalue weighted by Crippen LogP contribution is 1.58. The summed E-state index contributed by atoms with van der Waals surface area (Å²) in [5.41, 5.74) is 0. The topological polar surface area (TPSA) is 49.7 Å². The number of rotatable bonds is 1. The van der Waals surface area contributed by atoms with E-state index in [4.69, 9.17) is 10.0 Å². The summed E-state index contributed by atoms with van der Waals surface area (Å²) in [5, 5.41) is 15.1.